The number of hydrogen-bond donors (Lipinski definition) is 2. The summed E-state index contributed by atoms with van der Waals surface area (Å²) in [6, 6.07) is 0. The molecule has 0 saturated heterocycles. The van der Waals surface area contributed by atoms with Crippen LogP contribution in [0.4, 0.5) is 0 Å². The SMILES string of the molecule is CNC(=O)CC(=O)C(=O)NC. The highest BCUT2D eigenvalue weighted by Crippen LogP contribution is 1.82. The average molecular weight is 158 g/mol. The molecule has 0 aromatic carbocycles. The Morgan fingerprint density at radius 1 is 1.09 bits per heavy atom. The van der Waals surface area contributed by atoms with Crippen LogP contribution in [0.5, 0.6) is 0 Å². The molecule has 0 bridgehead atoms. The zero-order chi connectivity index (χ0) is 8.85. The van der Waals surface area contributed by atoms with Crippen LogP contribution in [-0.4, -0.2) is 31.7 Å². The fraction of sp³-hybridized carbons (Fsp3) is 0.500. The fourth-order valence-corrected chi connectivity index (χ4v) is 0.454. The van der Waals surface area contributed by atoms with Crippen molar-refractivity contribution in [3.05, 3.63) is 0 Å². The Morgan fingerprint density at radius 2 is 1.64 bits per heavy atom. The molecule has 0 saturated carbocycles. The predicted molar refractivity (Wildman–Crippen MR) is 37.8 cm³/mol. The molecular formula is C6H10N2O3. The number of likely N-dealkylation sites (N-methyl/N-ethyl adjacent to an activating group) is 1. The van der Waals surface area contributed by atoms with Crippen LogP contribution >= 0.6 is 0 Å². The lowest BCUT2D eigenvalue weighted by molar-refractivity contribution is -0.140. The maximum Gasteiger partial charge on any atom is 0.287 e. The molecule has 11 heavy (non-hydrogen) atoms. The van der Waals surface area contributed by atoms with Gasteiger partial charge in [-0.2, -0.15) is 0 Å². The molecule has 0 heterocycles. The first-order valence-electron chi connectivity index (χ1n) is 3.07. The highest BCUT2D eigenvalue weighted by molar-refractivity contribution is 6.39. The minimum Gasteiger partial charge on any atom is -0.359 e. The molecule has 0 aliphatic rings. The second kappa shape index (κ2) is 4.43. The lowest BCUT2D eigenvalue weighted by atomic mass is 10.2. The van der Waals surface area contributed by atoms with Gasteiger partial charge in [-0.25, -0.2) is 0 Å². The third-order valence-electron chi connectivity index (χ3n) is 1.08. The topological polar surface area (TPSA) is 75.3 Å². The molecule has 0 spiro atoms. The maximum atomic E-state index is 10.7. The lowest BCUT2D eigenvalue weighted by Gasteiger charge is -1.97. The van der Waals surface area contributed by atoms with Crippen molar-refractivity contribution in [3.8, 4) is 0 Å². The number of rotatable bonds is 3. The normalized spacial score (nSPS) is 8.55. The molecule has 0 rings (SSSR count). The van der Waals surface area contributed by atoms with Crippen molar-refractivity contribution < 1.29 is 14.4 Å². The Labute approximate surface area is 64.1 Å². The Balaban J connectivity index is 3.88. The summed E-state index contributed by atoms with van der Waals surface area (Å²) < 4.78 is 0. The molecule has 5 heteroatoms. The summed E-state index contributed by atoms with van der Waals surface area (Å²) in [5, 5.41) is 4.36. The van der Waals surface area contributed by atoms with Crippen molar-refractivity contribution >= 4 is 17.6 Å². The zero-order valence-electron chi connectivity index (χ0n) is 6.43. The molecule has 0 radical (unpaired) electrons. The van der Waals surface area contributed by atoms with Crippen molar-refractivity contribution in [2.45, 2.75) is 6.42 Å². The van der Waals surface area contributed by atoms with Gasteiger partial charge in [0.1, 0.15) is 0 Å². The van der Waals surface area contributed by atoms with E-state index in [4.69, 9.17) is 0 Å². The molecular weight excluding hydrogens is 148 g/mol. The summed E-state index contributed by atoms with van der Waals surface area (Å²) in [4.78, 5) is 31.7. The van der Waals surface area contributed by atoms with Crippen LogP contribution in [0.15, 0.2) is 0 Å². The summed E-state index contributed by atoms with van der Waals surface area (Å²) >= 11 is 0. The van der Waals surface area contributed by atoms with Gasteiger partial charge < -0.3 is 10.6 Å². The molecule has 0 unspecified atom stereocenters. The summed E-state index contributed by atoms with van der Waals surface area (Å²) in [6.45, 7) is 0. The van der Waals surface area contributed by atoms with E-state index in [2.05, 4.69) is 10.6 Å². The Morgan fingerprint density at radius 3 is 2.00 bits per heavy atom. The highest BCUT2D eigenvalue weighted by Gasteiger charge is 2.14. The third kappa shape index (κ3) is 3.34. The second-order valence-corrected chi connectivity index (χ2v) is 1.85. The van der Waals surface area contributed by atoms with Gasteiger partial charge in [-0.1, -0.05) is 0 Å². The first-order valence-corrected chi connectivity index (χ1v) is 3.07. The molecule has 0 atom stereocenters. The summed E-state index contributed by atoms with van der Waals surface area (Å²) in [5.41, 5.74) is 0. The monoisotopic (exact) mass is 158 g/mol. The van der Waals surface area contributed by atoms with E-state index < -0.39 is 24.0 Å². The van der Waals surface area contributed by atoms with E-state index in [9.17, 15) is 14.4 Å². The van der Waals surface area contributed by atoms with Gasteiger partial charge in [-0.15, -0.1) is 0 Å². The highest BCUT2D eigenvalue weighted by atomic mass is 16.2. The smallest absolute Gasteiger partial charge is 0.287 e. The van der Waals surface area contributed by atoms with Crippen molar-refractivity contribution in [3.63, 3.8) is 0 Å². The maximum absolute atomic E-state index is 10.7. The number of Topliss-reactive ketones (excluding diaryl/α,β-unsaturated/α-hetero) is 1. The van der Waals surface area contributed by atoms with E-state index in [1.807, 2.05) is 0 Å². The predicted octanol–water partition coefficient (Wildman–Crippen LogP) is -1.56. The van der Waals surface area contributed by atoms with Crippen molar-refractivity contribution in [2.24, 2.45) is 0 Å². The molecule has 2 N–H and O–H groups in total. The van der Waals surface area contributed by atoms with E-state index in [1.165, 1.54) is 14.1 Å². The summed E-state index contributed by atoms with van der Waals surface area (Å²) in [7, 11) is 2.74. The molecule has 0 aliphatic carbocycles. The van der Waals surface area contributed by atoms with Gasteiger partial charge in [0, 0.05) is 14.1 Å². The van der Waals surface area contributed by atoms with Crippen LogP contribution in [-0.2, 0) is 14.4 Å². The van der Waals surface area contributed by atoms with Crippen LogP contribution in [0.1, 0.15) is 6.42 Å². The molecule has 62 valence electrons. The number of hydrogen-bond acceptors (Lipinski definition) is 3. The molecule has 0 fully saturated rings. The van der Waals surface area contributed by atoms with E-state index in [1.54, 1.807) is 0 Å². The van der Waals surface area contributed by atoms with Crippen LogP contribution in [0.25, 0.3) is 0 Å². The van der Waals surface area contributed by atoms with Gasteiger partial charge >= 0.3 is 0 Å². The second-order valence-electron chi connectivity index (χ2n) is 1.85. The molecule has 2 amide bonds. The molecule has 5 nitrogen and oxygen atoms in total. The van der Waals surface area contributed by atoms with Gasteiger partial charge in [0.15, 0.2) is 0 Å². The molecule has 0 aromatic heterocycles. The Hall–Kier alpha value is -1.39. The van der Waals surface area contributed by atoms with Gasteiger partial charge in [0.25, 0.3) is 5.91 Å². The Kier molecular flexibility index (Phi) is 3.87. The first kappa shape index (κ1) is 9.61. The van der Waals surface area contributed by atoms with E-state index in [0.717, 1.165) is 0 Å². The first-order chi connectivity index (χ1) is 5.11. The van der Waals surface area contributed by atoms with Gasteiger partial charge in [0.05, 0.1) is 6.42 Å². The molecule has 0 aliphatic heterocycles. The zero-order valence-corrected chi connectivity index (χ0v) is 6.43. The summed E-state index contributed by atoms with van der Waals surface area (Å²) in [6.07, 6.45) is -0.393. The Bertz CT molecular complexity index is 188. The van der Waals surface area contributed by atoms with E-state index in [0.29, 0.717) is 0 Å². The average Bonchev–Trinajstić information content (AvgIpc) is 2.02. The van der Waals surface area contributed by atoms with Gasteiger partial charge in [-0.3, -0.25) is 14.4 Å². The number of ketones is 1. The van der Waals surface area contributed by atoms with Crippen molar-refractivity contribution in [1.29, 1.82) is 0 Å². The van der Waals surface area contributed by atoms with Crippen LogP contribution in [0, 0.1) is 0 Å². The van der Waals surface area contributed by atoms with Crippen LogP contribution in [0.2, 0.25) is 0 Å². The van der Waals surface area contributed by atoms with E-state index >= 15 is 0 Å². The summed E-state index contributed by atoms with van der Waals surface area (Å²) in [5.74, 6) is -1.93. The minimum absolute atomic E-state index is 0.393. The third-order valence-corrected chi connectivity index (χ3v) is 1.08. The van der Waals surface area contributed by atoms with Gasteiger partial charge in [-0.05, 0) is 0 Å². The van der Waals surface area contributed by atoms with Crippen molar-refractivity contribution in [1.82, 2.24) is 10.6 Å². The number of amides is 2. The number of nitrogens with one attached hydrogen (secondary N) is 2. The molecule has 0 aromatic rings. The lowest BCUT2D eigenvalue weighted by Crippen LogP contribution is -2.32. The van der Waals surface area contributed by atoms with Crippen LogP contribution in [0.3, 0.4) is 0 Å². The number of carbonyl (C=O) groups is 3. The standard InChI is InChI=1S/C6H10N2O3/c1-7-5(10)3-4(9)6(11)8-2/h3H2,1-2H3,(H,7,10)(H,8,11). The van der Waals surface area contributed by atoms with Crippen molar-refractivity contribution in [2.75, 3.05) is 14.1 Å². The quantitative estimate of drug-likeness (QED) is 0.385. The fourth-order valence-electron chi connectivity index (χ4n) is 0.454. The van der Waals surface area contributed by atoms with E-state index in [-0.39, 0.29) is 0 Å². The van der Waals surface area contributed by atoms with Crippen LogP contribution < -0.4 is 10.6 Å². The van der Waals surface area contributed by atoms with Gasteiger partial charge in [0.2, 0.25) is 11.7 Å². The number of carbonyl (C=O) groups excluding carboxylic acids is 3. The largest absolute Gasteiger partial charge is 0.359 e. The minimum atomic E-state index is -0.742.